The zero-order valence-electron chi connectivity index (χ0n) is 9.34. The maximum absolute atomic E-state index is 11.8. The van der Waals surface area contributed by atoms with Gasteiger partial charge in [-0.15, -0.1) is 0 Å². The average Bonchev–Trinajstić information content (AvgIpc) is 2.39. The number of aromatic nitrogens is 1. The van der Waals surface area contributed by atoms with Gasteiger partial charge in [-0.2, -0.15) is 0 Å². The fourth-order valence-electron chi connectivity index (χ4n) is 1.58. The standard InChI is InChI=1S/C14H13NO2/c1-11(10-16)12-7-8-14(17)15(9-12)13-5-3-2-4-6-13/h2-9,16H,1,10H2. The van der Waals surface area contributed by atoms with Crippen molar-refractivity contribution in [2.75, 3.05) is 6.61 Å². The van der Waals surface area contributed by atoms with Crippen molar-refractivity contribution < 1.29 is 5.11 Å². The topological polar surface area (TPSA) is 42.2 Å². The molecule has 0 spiro atoms. The first-order chi connectivity index (χ1) is 8.22. The number of nitrogens with zero attached hydrogens (tertiary/aromatic N) is 1. The summed E-state index contributed by atoms with van der Waals surface area (Å²) in [5, 5.41) is 9.03. The van der Waals surface area contributed by atoms with Crippen LogP contribution in [-0.4, -0.2) is 16.3 Å². The highest BCUT2D eigenvalue weighted by molar-refractivity contribution is 5.63. The molecule has 0 saturated heterocycles. The first-order valence-electron chi connectivity index (χ1n) is 5.29. The van der Waals surface area contributed by atoms with E-state index >= 15 is 0 Å². The molecule has 17 heavy (non-hydrogen) atoms. The molecule has 0 aliphatic heterocycles. The van der Waals surface area contributed by atoms with Crippen LogP contribution in [0, 0.1) is 0 Å². The molecule has 0 fully saturated rings. The Bertz CT molecular complexity index is 585. The van der Waals surface area contributed by atoms with Gasteiger partial charge in [0.2, 0.25) is 0 Å². The molecule has 3 heteroatoms. The van der Waals surface area contributed by atoms with Crippen LogP contribution in [0.4, 0.5) is 0 Å². The van der Waals surface area contributed by atoms with Gasteiger partial charge >= 0.3 is 0 Å². The van der Waals surface area contributed by atoms with E-state index in [4.69, 9.17) is 5.11 Å². The molecule has 3 nitrogen and oxygen atoms in total. The van der Waals surface area contributed by atoms with E-state index in [0.29, 0.717) is 5.57 Å². The third-order valence-corrected chi connectivity index (χ3v) is 2.54. The van der Waals surface area contributed by atoms with Gasteiger partial charge in [0.1, 0.15) is 0 Å². The predicted molar refractivity (Wildman–Crippen MR) is 68.2 cm³/mol. The lowest BCUT2D eigenvalue weighted by atomic mass is 10.1. The molecule has 2 rings (SSSR count). The largest absolute Gasteiger partial charge is 0.392 e. The minimum absolute atomic E-state index is 0.106. The van der Waals surface area contributed by atoms with Crippen molar-refractivity contribution in [1.82, 2.24) is 4.57 Å². The smallest absolute Gasteiger partial charge is 0.255 e. The van der Waals surface area contributed by atoms with Gasteiger partial charge in [0.05, 0.1) is 6.61 Å². The molecule has 1 heterocycles. The molecule has 0 amide bonds. The van der Waals surface area contributed by atoms with Crippen molar-refractivity contribution >= 4 is 5.57 Å². The summed E-state index contributed by atoms with van der Waals surface area (Å²) in [5.74, 6) is 0. The number of aliphatic hydroxyl groups is 1. The normalized spacial score (nSPS) is 10.2. The molecule has 0 saturated carbocycles. The molecule has 1 aromatic carbocycles. The fraction of sp³-hybridized carbons (Fsp3) is 0.0714. The highest BCUT2D eigenvalue weighted by Gasteiger charge is 2.02. The highest BCUT2D eigenvalue weighted by Crippen LogP contribution is 2.11. The van der Waals surface area contributed by atoms with E-state index in [9.17, 15) is 4.79 Å². The van der Waals surface area contributed by atoms with E-state index in [1.165, 1.54) is 10.6 Å². The molecular formula is C14H13NO2. The monoisotopic (exact) mass is 227 g/mol. The summed E-state index contributed by atoms with van der Waals surface area (Å²) >= 11 is 0. The summed E-state index contributed by atoms with van der Waals surface area (Å²) in [6.07, 6.45) is 1.69. The van der Waals surface area contributed by atoms with E-state index in [1.807, 2.05) is 30.3 Å². The van der Waals surface area contributed by atoms with E-state index in [1.54, 1.807) is 12.3 Å². The van der Waals surface area contributed by atoms with Crippen LogP contribution in [0.3, 0.4) is 0 Å². The first kappa shape index (κ1) is 11.4. The van der Waals surface area contributed by atoms with Gasteiger partial charge in [0.15, 0.2) is 0 Å². The quantitative estimate of drug-likeness (QED) is 0.869. The van der Waals surface area contributed by atoms with Crippen molar-refractivity contribution in [3.63, 3.8) is 0 Å². The molecule has 0 unspecified atom stereocenters. The Morgan fingerprint density at radius 1 is 1.18 bits per heavy atom. The van der Waals surface area contributed by atoms with Gasteiger partial charge in [0, 0.05) is 18.0 Å². The molecule has 0 aliphatic carbocycles. The molecule has 1 N–H and O–H groups in total. The number of hydrogen-bond acceptors (Lipinski definition) is 2. The van der Waals surface area contributed by atoms with Crippen molar-refractivity contribution in [3.8, 4) is 5.69 Å². The lowest BCUT2D eigenvalue weighted by Crippen LogP contribution is -2.17. The molecule has 2 aromatic rings. The zero-order valence-corrected chi connectivity index (χ0v) is 9.34. The highest BCUT2D eigenvalue weighted by atomic mass is 16.3. The Kier molecular flexibility index (Phi) is 3.21. The molecule has 0 bridgehead atoms. The van der Waals surface area contributed by atoms with Crippen LogP contribution < -0.4 is 5.56 Å². The van der Waals surface area contributed by atoms with Gasteiger partial charge in [-0.3, -0.25) is 9.36 Å². The minimum Gasteiger partial charge on any atom is -0.392 e. The number of benzene rings is 1. The van der Waals surface area contributed by atoms with Crippen LogP contribution >= 0.6 is 0 Å². The molecular weight excluding hydrogens is 214 g/mol. The van der Waals surface area contributed by atoms with Crippen LogP contribution in [0.2, 0.25) is 0 Å². The second-order valence-corrected chi connectivity index (χ2v) is 3.72. The van der Waals surface area contributed by atoms with E-state index < -0.39 is 0 Å². The summed E-state index contributed by atoms with van der Waals surface area (Å²) in [6, 6.07) is 12.5. The minimum atomic E-state index is -0.118. The van der Waals surface area contributed by atoms with Crippen LogP contribution in [0.5, 0.6) is 0 Å². The maximum Gasteiger partial charge on any atom is 0.255 e. The Hall–Kier alpha value is -2.13. The van der Waals surface area contributed by atoms with Crippen LogP contribution in [-0.2, 0) is 0 Å². The fourth-order valence-corrected chi connectivity index (χ4v) is 1.58. The van der Waals surface area contributed by atoms with Gasteiger partial charge < -0.3 is 5.11 Å². The number of aliphatic hydroxyl groups excluding tert-OH is 1. The third kappa shape index (κ3) is 2.34. The second-order valence-electron chi connectivity index (χ2n) is 3.72. The van der Waals surface area contributed by atoms with Gasteiger partial charge in [0.25, 0.3) is 5.56 Å². The Balaban J connectivity index is 2.55. The van der Waals surface area contributed by atoms with Crippen LogP contribution in [0.15, 0.2) is 60.0 Å². The Morgan fingerprint density at radius 3 is 2.53 bits per heavy atom. The van der Waals surface area contributed by atoms with Crippen molar-refractivity contribution in [2.45, 2.75) is 0 Å². The summed E-state index contributed by atoms with van der Waals surface area (Å²) in [4.78, 5) is 11.8. The van der Waals surface area contributed by atoms with Crippen LogP contribution in [0.1, 0.15) is 5.56 Å². The van der Waals surface area contributed by atoms with E-state index in [2.05, 4.69) is 6.58 Å². The summed E-state index contributed by atoms with van der Waals surface area (Å²) < 4.78 is 1.54. The maximum atomic E-state index is 11.8. The number of rotatable bonds is 3. The summed E-state index contributed by atoms with van der Waals surface area (Å²) in [7, 11) is 0. The predicted octanol–water partition coefficient (Wildman–Crippen LogP) is 1.84. The molecule has 1 aromatic heterocycles. The SMILES string of the molecule is C=C(CO)c1ccc(=O)n(-c2ccccc2)c1. The summed E-state index contributed by atoms with van der Waals surface area (Å²) in [6.45, 7) is 3.62. The average molecular weight is 227 g/mol. The van der Waals surface area contributed by atoms with E-state index in [0.717, 1.165) is 11.3 Å². The molecule has 0 aliphatic rings. The molecule has 86 valence electrons. The van der Waals surface area contributed by atoms with Gasteiger partial charge in [-0.05, 0) is 29.3 Å². The van der Waals surface area contributed by atoms with Crippen molar-refractivity contribution in [3.05, 3.63) is 71.2 Å². The Morgan fingerprint density at radius 2 is 1.88 bits per heavy atom. The van der Waals surface area contributed by atoms with Crippen LogP contribution in [0.25, 0.3) is 11.3 Å². The zero-order chi connectivity index (χ0) is 12.3. The van der Waals surface area contributed by atoms with Gasteiger partial charge in [-0.1, -0.05) is 24.8 Å². The molecule has 0 radical (unpaired) electrons. The number of hydrogen-bond donors (Lipinski definition) is 1. The van der Waals surface area contributed by atoms with Crippen molar-refractivity contribution in [1.29, 1.82) is 0 Å². The lowest BCUT2D eigenvalue weighted by molar-refractivity contribution is 0.350. The van der Waals surface area contributed by atoms with E-state index in [-0.39, 0.29) is 12.2 Å². The first-order valence-corrected chi connectivity index (χ1v) is 5.29. The van der Waals surface area contributed by atoms with Crippen molar-refractivity contribution in [2.24, 2.45) is 0 Å². The Labute approximate surface area is 99.3 Å². The molecule has 0 atom stereocenters. The summed E-state index contributed by atoms with van der Waals surface area (Å²) in [5.41, 5.74) is 2.04. The third-order valence-electron chi connectivity index (χ3n) is 2.54. The second kappa shape index (κ2) is 4.80. The number of para-hydroxylation sites is 1. The van der Waals surface area contributed by atoms with Gasteiger partial charge in [-0.25, -0.2) is 0 Å². The number of pyridine rings is 1. The lowest BCUT2D eigenvalue weighted by Gasteiger charge is -2.08.